The van der Waals surface area contributed by atoms with Crippen molar-refractivity contribution in [1.29, 1.82) is 0 Å². The molecule has 0 saturated heterocycles. The Morgan fingerprint density at radius 3 is 2.50 bits per heavy atom. The number of phenolic OH excluding ortho intramolecular Hbond substituents is 1. The van der Waals surface area contributed by atoms with Crippen molar-refractivity contribution in [2.75, 3.05) is 7.11 Å². The minimum absolute atomic E-state index is 0.00977. The molecule has 2 aromatic carbocycles. The number of rotatable bonds is 6. The van der Waals surface area contributed by atoms with Crippen molar-refractivity contribution >= 4 is 5.96 Å². The third-order valence-electron chi connectivity index (χ3n) is 3.35. The summed E-state index contributed by atoms with van der Waals surface area (Å²) in [6, 6.07) is 10.4. The fourth-order valence-electron chi connectivity index (χ4n) is 2.09. The molecule has 2 aromatic rings. The smallest absolute Gasteiger partial charge is 0.504 e. The normalized spacial score (nSPS) is 11.9. The first-order valence-corrected chi connectivity index (χ1v) is 7.52. The highest BCUT2D eigenvalue weighted by molar-refractivity contribution is 5.77. The topological polar surface area (TPSA) is 89.1 Å². The summed E-state index contributed by atoms with van der Waals surface area (Å²) in [5.74, 6) is 0.184. The molecule has 0 bridgehead atoms. The van der Waals surface area contributed by atoms with E-state index in [0.29, 0.717) is 16.9 Å². The molecular formula is C17H18F3N3O3. The number of phenols is 1. The number of ether oxygens (including phenoxy) is 2. The maximum Gasteiger partial charge on any atom is 0.573 e. The fourth-order valence-corrected chi connectivity index (χ4v) is 2.09. The van der Waals surface area contributed by atoms with Crippen molar-refractivity contribution in [3.05, 3.63) is 53.6 Å². The minimum Gasteiger partial charge on any atom is -0.504 e. The lowest BCUT2D eigenvalue weighted by Crippen LogP contribution is -2.31. The van der Waals surface area contributed by atoms with E-state index in [2.05, 4.69) is 15.0 Å². The molecule has 0 fully saturated rings. The summed E-state index contributed by atoms with van der Waals surface area (Å²) in [4.78, 5) is 4.09. The predicted molar refractivity (Wildman–Crippen MR) is 89.9 cm³/mol. The molecular weight excluding hydrogens is 351 g/mol. The van der Waals surface area contributed by atoms with E-state index in [-0.39, 0.29) is 30.5 Å². The summed E-state index contributed by atoms with van der Waals surface area (Å²) >= 11 is 0. The van der Waals surface area contributed by atoms with Gasteiger partial charge in [-0.25, -0.2) is 4.99 Å². The first-order chi connectivity index (χ1) is 12.3. The third kappa shape index (κ3) is 5.76. The first kappa shape index (κ1) is 19.2. The largest absolute Gasteiger partial charge is 0.573 e. The Morgan fingerprint density at radius 2 is 1.88 bits per heavy atom. The number of alkyl halides is 3. The Labute approximate surface area is 148 Å². The SMILES string of the molecule is COc1cccc(CNC(N)=NCc2ccc(OC(F)(F)F)cc2)c1O. The van der Waals surface area contributed by atoms with Gasteiger partial charge in [-0.15, -0.1) is 13.2 Å². The van der Waals surface area contributed by atoms with Gasteiger partial charge in [-0.2, -0.15) is 0 Å². The molecule has 0 aromatic heterocycles. The number of para-hydroxylation sites is 1. The van der Waals surface area contributed by atoms with Gasteiger partial charge in [0, 0.05) is 12.1 Å². The van der Waals surface area contributed by atoms with Crippen LogP contribution in [0.4, 0.5) is 13.2 Å². The molecule has 0 atom stereocenters. The number of aliphatic imine (C=N–C) groups is 1. The van der Waals surface area contributed by atoms with E-state index in [1.54, 1.807) is 18.2 Å². The van der Waals surface area contributed by atoms with Crippen molar-refractivity contribution in [3.63, 3.8) is 0 Å². The zero-order chi connectivity index (χ0) is 19.2. The highest BCUT2D eigenvalue weighted by Gasteiger charge is 2.30. The van der Waals surface area contributed by atoms with Gasteiger partial charge in [-0.3, -0.25) is 0 Å². The molecule has 0 unspecified atom stereocenters. The van der Waals surface area contributed by atoms with Gasteiger partial charge in [0.05, 0.1) is 13.7 Å². The number of nitrogens with two attached hydrogens (primary N) is 1. The van der Waals surface area contributed by atoms with Crippen molar-refractivity contribution in [2.45, 2.75) is 19.5 Å². The number of nitrogens with one attached hydrogen (secondary N) is 1. The summed E-state index contributed by atoms with van der Waals surface area (Å²) in [5, 5.41) is 12.8. The second-order valence-corrected chi connectivity index (χ2v) is 5.21. The van der Waals surface area contributed by atoms with Crippen LogP contribution in [0.3, 0.4) is 0 Å². The molecule has 4 N–H and O–H groups in total. The quantitative estimate of drug-likeness (QED) is 0.538. The molecule has 140 valence electrons. The van der Waals surface area contributed by atoms with Gasteiger partial charge < -0.3 is 25.6 Å². The number of halogens is 3. The second-order valence-electron chi connectivity index (χ2n) is 5.21. The second kappa shape index (κ2) is 8.32. The average Bonchev–Trinajstić information content (AvgIpc) is 2.59. The van der Waals surface area contributed by atoms with Crippen LogP contribution in [0.5, 0.6) is 17.2 Å². The van der Waals surface area contributed by atoms with E-state index in [4.69, 9.17) is 10.5 Å². The van der Waals surface area contributed by atoms with E-state index in [0.717, 1.165) is 0 Å². The molecule has 0 aliphatic rings. The van der Waals surface area contributed by atoms with Gasteiger partial charge >= 0.3 is 6.36 Å². The molecule has 0 aliphatic carbocycles. The van der Waals surface area contributed by atoms with Gasteiger partial charge in [0.1, 0.15) is 5.75 Å². The Kier molecular flexibility index (Phi) is 6.16. The van der Waals surface area contributed by atoms with Gasteiger partial charge in [0.25, 0.3) is 0 Å². The lowest BCUT2D eigenvalue weighted by Gasteiger charge is -2.10. The Bertz CT molecular complexity index is 762. The monoisotopic (exact) mass is 369 g/mol. The minimum atomic E-state index is -4.72. The number of nitrogens with zero attached hydrogens (tertiary/aromatic N) is 1. The van der Waals surface area contributed by atoms with Gasteiger partial charge in [0.15, 0.2) is 17.5 Å². The summed E-state index contributed by atoms with van der Waals surface area (Å²) in [7, 11) is 1.45. The van der Waals surface area contributed by atoms with Crippen LogP contribution in [-0.2, 0) is 13.1 Å². The molecule has 0 aliphatic heterocycles. The lowest BCUT2D eigenvalue weighted by atomic mass is 10.2. The number of aromatic hydroxyl groups is 1. The highest BCUT2D eigenvalue weighted by atomic mass is 19.4. The predicted octanol–water partition coefficient (Wildman–Crippen LogP) is 2.90. The number of methoxy groups -OCH3 is 1. The van der Waals surface area contributed by atoms with Crippen LogP contribution in [0.25, 0.3) is 0 Å². The van der Waals surface area contributed by atoms with Crippen LogP contribution in [0.2, 0.25) is 0 Å². The van der Waals surface area contributed by atoms with Crippen molar-refractivity contribution in [2.24, 2.45) is 10.7 Å². The van der Waals surface area contributed by atoms with Crippen LogP contribution < -0.4 is 20.5 Å². The van der Waals surface area contributed by atoms with Crippen molar-refractivity contribution in [1.82, 2.24) is 5.32 Å². The Hall–Kier alpha value is -3.10. The van der Waals surface area contributed by atoms with E-state index in [1.807, 2.05) is 0 Å². The summed E-state index contributed by atoms with van der Waals surface area (Å²) in [6.45, 7) is 0.409. The summed E-state index contributed by atoms with van der Waals surface area (Å²) < 4.78 is 45.1. The van der Waals surface area contributed by atoms with Gasteiger partial charge in [-0.05, 0) is 23.8 Å². The summed E-state index contributed by atoms with van der Waals surface area (Å²) in [5.41, 5.74) is 7.00. The molecule has 0 spiro atoms. The molecule has 0 radical (unpaired) electrons. The zero-order valence-electron chi connectivity index (χ0n) is 13.9. The molecule has 9 heteroatoms. The maximum absolute atomic E-state index is 12.1. The van der Waals surface area contributed by atoms with Crippen molar-refractivity contribution in [3.8, 4) is 17.2 Å². The number of hydrogen-bond acceptors (Lipinski definition) is 4. The van der Waals surface area contributed by atoms with E-state index >= 15 is 0 Å². The molecule has 0 heterocycles. The highest BCUT2D eigenvalue weighted by Crippen LogP contribution is 2.29. The molecule has 0 amide bonds. The molecule has 26 heavy (non-hydrogen) atoms. The fraction of sp³-hybridized carbons (Fsp3) is 0.235. The number of benzene rings is 2. The van der Waals surface area contributed by atoms with E-state index in [9.17, 15) is 18.3 Å². The maximum atomic E-state index is 12.1. The first-order valence-electron chi connectivity index (χ1n) is 7.52. The number of guanidine groups is 1. The molecule has 0 saturated carbocycles. The van der Waals surface area contributed by atoms with E-state index < -0.39 is 6.36 Å². The Balaban J connectivity index is 1.90. The zero-order valence-corrected chi connectivity index (χ0v) is 13.9. The van der Waals surface area contributed by atoms with Crippen molar-refractivity contribution < 1.29 is 27.8 Å². The van der Waals surface area contributed by atoms with Crippen LogP contribution >= 0.6 is 0 Å². The van der Waals surface area contributed by atoms with Crippen LogP contribution in [0.15, 0.2) is 47.5 Å². The van der Waals surface area contributed by atoms with Crippen LogP contribution in [-0.4, -0.2) is 24.5 Å². The standard InChI is InChI=1S/C17H18F3N3O3/c1-25-14-4-2-3-12(15(14)24)10-23-16(21)22-9-11-5-7-13(8-6-11)26-17(18,19)20/h2-8,24H,9-10H2,1H3,(H3,21,22,23). The van der Waals surface area contributed by atoms with E-state index in [1.165, 1.54) is 31.4 Å². The summed E-state index contributed by atoms with van der Waals surface area (Å²) in [6.07, 6.45) is -4.72. The molecule has 2 rings (SSSR count). The average molecular weight is 369 g/mol. The molecule has 6 nitrogen and oxygen atoms in total. The van der Waals surface area contributed by atoms with Gasteiger partial charge in [-0.1, -0.05) is 24.3 Å². The number of hydrogen-bond donors (Lipinski definition) is 3. The Morgan fingerprint density at radius 1 is 1.19 bits per heavy atom. The van der Waals surface area contributed by atoms with Crippen LogP contribution in [0.1, 0.15) is 11.1 Å². The lowest BCUT2D eigenvalue weighted by molar-refractivity contribution is -0.274. The van der Waals surface area contributed by atoms with Gasteiger partial charge in [0.2, 0.25) is 0 Å². The third-order valence-corrected chi connectivity index (χ3v) is 3.35. The van der Waals surface area contributed by atoms with Crippen LogP contribution in [0, 0.1) is 0 Å².